The summed E-state index contributed by atoms with van der Waals surface area (Å²) in [6.45, 7) is 0. The van der Waals surface area contributed by atoms with Crippen LogP contribution in [-0.4, -0.2) is 4.57 Å². The zero-order valence-corrected chi connectivity index (χ0v) is 20.4. The van der Waals surface area contributed by atoms with Crippen molar-refractivity contribution in [3.63, 3.8) is 0 Å². The highest BCUT2D eigenvalue weighted by atomic mass is 32.1. The van der Waals surface area contributed by atoms with E-state index in [1.54, 1.807) is 0 Å². The van der Waals surface area contributed by atoms with Gasteiger partial charge < -0.3 is 4.57 Å². The molecular weight excluding hydrogens is 462 g/mol. The van der Waals surface area contributed by atoms with Gasteiger partial charge in [-0.05, 0) is 53.6 Å². The first-order valence-electron chi connectivity index (χ1n) is 11.8. The molecule has 0 aliphatic rings. The number of hydrogen-bond donors (Lipinski definition) is 0. The minimum absolute atomic E-state index is 1.20. The molecule has 3 heterocycles. The summed E-state index contributed by atoms with van der Waals surface area (Å²) in [6.07, 6.45) is 0. The second kappa shape index (κ2) is 7.29. The van der Waals surface area contributed by atoms with Crippen LogP contribution in [0.4, 0.5) is 0 Å². The van der Waals surface area contributed by atoms with Crippen molar-refractivity contribution in [3.8, 4) is 16.8 Å². The smallest absolute Gasteiger partial charge is 0.0727 e. The highest BCUT2D eigenvalue weighted by Crippen LogP contribution is 2.44. The quantitative estimate of drug-likeness (QED) is 0.231. The van der Waals surface area contributed by atoms with Crippen LogP contribution in [0, 0.1) is 0 Å². The fourth-order valence-electron chi connectivity index (χ4n) is 5.40. The van der Waals surface area contributed by atoms with E-state index in [1.165, 1.54) is 68.2 Å². The standard InChI is InChI=1S/C32H19NS2/c1-2-8-22(9-3-1)33-27-12-6-4-11-25(27)32-31(33)26-18-20(15-17-29(26)35-32)21-14-16-24-23-10-5-7-13-28(23)34-30(24)19-21/h1-19H. The fourth-order valence-corrected chi connectivity index (χ4v) is 7.75. The molecule has 0 unspecified atom stereocenters. The van der Waals surface area contributed by atoms with E-state index >= 15 is 0 Å². The minimum Gasteiger partial charge on any atom is -0.308 e. The molecular formula is C32H19NS2. The largest absolute Gasteiger partial charge is 0.308 e. The van der Waals surface area contributed by atoms with Gasteiger partial charge in [0.25, 0.3) is 0 Å². The van der Waals surface area contributed by atoms with Crippen molar-refractivity contribution >= 4 is 74.1 Å². The van der Waals surface area contributed by atoms with Gasteiger partial charge in [0, 0.05) is 41.3 Å². The van der Waals surface area contributed by atoms with Crippen LogP contribution in [-0.2, 0) is 0 Å². The Morgan fingerprint density at radius 1 is 0.457 bits per heavy atom. The number of hydrogen-bond acceptors (Lipinski definition) is 2. The summed E-state index contributed by atoms with van der Waals surface area (Å²) in [5.41, 5.74) is 6.31. The average molecular weight is 482 g/mol. The molecule has 8 rings (SSSR count). The van der Waals surface area contributed by atoms with E-state index in [0.717, 1.165) is 0 Å². The molecule has 0 aliphatic carbocycles. The molecule has 3 aromatic heterocycles. The number of benzene rings is 5. The van der Waals surface area contributed by atoms with Crippen molar-refractivity contribution in [2.24, 2.45) is 0 Å². The Bertz CT molecular complexity index is 2050. The molecule has 0 saturated heterocycles. The molecule has 0 radical (unpaired) electrons. The molecule has 35 heavy (non-hydrogen) atoms. The molecule has 0 N–H and O–H groups in total. The first-order chi connectivity index (χ1) is 17.3. The second-order valence-electron chi connectivity index (χ2n) is 8.99. The van der Waals surface area contributed by atoms with Crippen LogP contribution in [0.2, 0.25) is 0 Å². The normalized spacial score (nSPS) is 12.0. The molecule has 164 valence electrons. The summed E-state index contributed by atoms with van der Waals surface area (Å²) in [6, 6.07) is 42.1. The third-order valence-electron chi connectivity index (χ3n) is 7.00. The van der Waals surface area contributed by atoms with Crippen molar-refractivity contribution in [1.29, 1.82) is 0 Å². The monoisotopic (exact) mass is 481 g/mol. The minimum atomic E-state index is 1.20. The van der Waals surface area contributed by atoms with Gasteiger partial charge in [0.05, 0.1) is 15.7 Å². The zero-order chi connectivity index (χ0) is 22.9. The molecule has 0 saturated carbocycles. The van der Waals surface area contributed by atoms with Gasteiger partial charge in [-0.15, -0.1) is 22.7 Å². The van der Waals surface area contributed by atoms with Crippen LogP contribution in [0.3, 0.4) is 0 Å². The number of thiophene rings is 2. The summed E-state index contributed by atoms with van der Waals surface area (Å²) in [5.74, 6) is 0. The van der Waals surface area contributed by atoms with E-state index in [4.69, 9.17) is 0 Å². The maximum absolute atomic E-state index is 2.43. The molecule has 1 nitrogen and oxygen atoms in total. The van der Waals surface area contributed by atoms with Crippen molar-refractivity contribution in [1.82, 2.24) is 4.57 Å². The fraction of sp³-hybridized carbons (Fsp3) is 0. The van der Waals surface area contributed by atoms with Crippen molar-refractivity contribution in [3.05, 3.63) is 115 Å². The van der Waals surface area contributed by atoms with E-state index in [-0.39, 0.29) is 0 Å². The predicted molar refractivity (Wildman–Crippen MR) is 154 cm³/mol. The molecule has 3 heteroatoms. The summed E-state index contributed by atoms with van der Waals surface area (Å²) < 4.78 is 7.82. The maximum atomic E-state index is 2.43. The van der Waals surface area contributed by atoms with Crippen molar-refractivity contribution < 1.29 is 0 Å². The van der Waals surface area contributed by atoms with Gasteiger partial charge in [0.15, 0.2) is 0 Å². The summed E-state index contributed by atoms with van der Waals surface area (Å²) in [4.78, 5) is 0. The van der Waals surface area contributed by atoms with Gasteiger partial charge in [-0.2, -0.15) is 0 Å². The molecule has 0 fully saturated rings. The second-order valence-corrected chi connectivity index (χ2v) is 11.1. The lowest BCUT2D eigenvalue weighted by Gasteiger charge is -2.08. The first-order valence-corrected chi connectivity index (χ1v) is 13.4. The number of aromatic nitrogens is 1. The van der Waals surface area contributed by atoms with Gasteiger partial charge in [-0.1, -0.05) is 72.8 Å². The highest BCUT2D eigenvalue weighted by molar-refractivity contribution is 7.27. The number of nitrogens with zero attached hydrogens (tertiary/aromatic N) is 1. The lowest BCUT2D eigenvalue weighted by molar-refractivity contribution is 1.19. The molecule has 0 aliphatic heterocycles. The number of fused-ring (bicyclic) bond motifs is 8. The molecule has 0 amide bonds. The topological polar surface area (TPSA) is 4.93 Å². The molecule has 5 aromatic carbocycles. The van der Waals surface area contributed by atoms with Crippen LogP contribution in [0.1, 0.15) is 0 Å². The van der Waals surface area contributed by atoms with Gasteiger partial charge in [0.2, 0.25) is 0 Å². The Hall–Kier alpha value is -3.92. The predicted octanol–water partition coefficient (Wildman–Crippen LogP) is 10.0. The Morgan fingerprint density at radius 2 is 1.14 bits per heavy atom. The molecule has 8 aromatic rings. The van der Waals surface area contributed by atoms with E-state index in [1.807, 2.05) is 22.7 Å². The number of rotatable bonds is 2. The van der Waals surface area contributed by atoms with Gasteiger partial charge >= 0.3 is 0 Å². The lowest BCUT2D eigenvalue weighted by atomic mass is 10.0. The number of para-hydroxylation sites is 2. The Labute approximate surface area is 210 Å². The van der Waals surface area contributed by atoms with Crippen LogP contribution < -0.4 is 0 Å². The van der Waals surface area contributed by atoms with E-state index in [2.05, 4.69) is 120 Å². The van der Waals surface area contributed by atoms with Gasteiger partial charge in [-0.25, -0.2) is 0 Å². The van der Waals surface area contributed by atoms with Crippen molar-refractivity contribution in [2.45, 2.75) is 0 Å². The molecule has 0 atom stereocenters. The summed E-state index contributed by atoms with van der Waals surface area (Å²) in [7, 11) is 0. The summed E-state index contributed by atoms with van der Waals surface area (Å²) >= 11 is 3.78. The Balaban J connectivity index is 1.41. The van der Waals surface area contributed by atoms with Crippen LogP contribution >= 0.6 is 22.7 Å². The van der Waals surface area contributed by atoms with Crippen molar-refractivity contribution in [2.75, 3.05) is 0 Å². The maximum Gasteiger partial charge on any atom is 0.0727 e. The van der Waals surface area contributed by atoms with Gasteiger partial charge in [-0.3, -0.25) is 0 Å². The zero-order valence-electron chi connectivity index (χ0n) is 18.7. The first kappa shape index (κ1) is 19.4. The Kier molecular flexibility index (Phi) is 4.04. The van der Waals surface area contributed by atoms with E-state index in [9.17, 15) is 0 Å². The van der Waals surface area contributed by atoms with E-state index in [0.29, 0.717) is 0 Å². The average Bonchev–Trinajstić information content (AvgIpc) is 3.57. The lowest BCUT2D eigenvalue weighted by Crippen LogP contribution is -1.92. The highest BCUT2D eigenvalue weighted by Gasteiger charge is 2.18. The van der Waals surface area contributed by atoms with E-state index < -0.39 is 0 Å². The third kappa shape index (κ3) is 2.80. The molecule has 0 bridgehead atoms. The third-order valence-corrected chi connectivity index (χ3v) is 9.33. The Morgan fingerprint density at radius 3 is 2.06 bits per heavy atom. The van der Waals surface area contributed by atoms with Crippen LogP contribution in [0.15, 0.2) is 115 Å². The van der Waals surface area contributed by atoms with Crippen LogP contribution in [0.25, 0.3) is 68.2 Å². The van der Waals surface area contributed by atoms with Gasteiger partial charge in [0.1, 0.15) is 0 Å². The SMILES string of the molecule is c1ccc(-n2c3ccccc3c3sc4ccc(-c5ccc6c(c5)sc5ccccc56)cc4c32)cc1. The summed E-state index contributed by atoms with van der Waals surface area (Å²) in [5, 5.41) is 5.33. The molecule has 0 spiro atoms. The van der Waals surface area contributed by atoms with Crippen LogP contribution in [0.5, 0.6) is 0 Å².